The minimum atomic E-state index is -0.927. The molecule has 2 heteroatoms. The van der Waals surface area contributed by atoms with Gasteiger partial charge in [-0.05, 0) is 0 Å². The molecular weight excluding hydrogens is 347 g/mol. The molecule has 0 aliphatic rings. The van der Waals surface area contributed by atoms with Crippen LogP contribution in [0, 0.1) is 0 Å². The molecule has 26 heavy (non-hydrogen) atoms. The van der Waals surface area contributed by atoms with Crippen molar-refractivity contribution in [3.63, 3.8) is 0 Å². The molecule has 1 radical (unpaired) electrons. The van der Waals surface area contributed by atoms with E-state index in [9.17, 15) is 0 Å². The number of hydrogen-bond acceptors (Lipinski definition) is 0. The zero-order valence-corrected chi connectivity index (χ0v) is 21.5. The van der Waals surface area contributed by atoms with Gasteiger partial charge >= 0.3 is 172 Å². The molecule has 0 aromatic carbocycles. The zero-order valence-electron chi connectivity index (χ0n) is 19.1. The van der Waals surface area contributed by atoms with Crippen LogP contribution in [0.5, 0.6) is 0 Å². The van der Waals surface area contributed by atoms with Gasteiger partial charge in [-0.25, -0.2) is 0 Å². The van der Waals surface area contributed by atoms with E-state index < -0.39 is 6.81 Å². The van der Waals surface area contributed by atoms with Gasteiger partial charge in [0.1, 0.15) is 0 Å². The van der Waals surface area contributed by atoms with Gasteiger partial charge in [0.15, 0.2) is 0 Å². The Morgan fingerprint density at radius 2 is 0.615 bits per heavy atom. The zero-order chi connectivity index (χ0) is 19.3. The van der Waals surface area contributed by atoms with Gasteiger partial charge in [-0.15, -0.1) is 0 Å². The molecule has 0 heterocycles. The number of unbranched alkanes of at least 4 members (excludes halogenated alkanes) is 15. The fraction of sp³-hybridized carbons (Fsp3) is 1.00. The molecule has 0 nitrogen and oxygen atoms in total. The van der Waals surface area contributed by atoms with Crippen LogP contribution in [0.25, 0.3) is 0 Å². The average Bonchev–Trinajstić information content (AvgIpc) is 2.64. The molecule has 0 aliphatic heterocycles. The quantitative estimate of drug-likeness (QED) is 0.103. The van der Waals surface area contributed by atoms with E-state index in [0.717, 1.165) is 0 Å². The van der Waals surface area contributed by atoms with E-state index in [1.54, 1.807) is 37.7 Å². The second-order valence-corrected chi connectivity index (χ2v) is 18.1. The first kappa shape index (κ1) is 26.6. The van der Waals surface area contributed by atoms with E-state index in [1.807, 2.05) is 0 Å². The SMILES string of the molecule is CCCCCCCC[PH]([SiH2])(CCCCCCCC)CCCCCCCC. The Morgan fingerprint density at radius 1 is 0.385 bits per heavy atom. The number of rotatable bonds is 21. The maximum absolute atomic E-state index is 2.52. The third-order valence-corrected chi connectivity index (χ3v) is 13.6. The van der Waals surface area contributed by atoms with E-state index in [-0.39, 0.29) is 0 Å². The van der Waals surface area contributed by atoms with E-state index >= 15 is 0 Å². The molecular formula is C24H54PSi. The summed E-state index contributed by atoms with van der Waals surface area (Å²) in [6, 6.07) is 0. The van der Waals surface area contributed by atoms with E-state index in [2.05, 4.69) is 30.7 Å². The topological polar surface area (TPSA) is 0 Å². The van der Waals surface area contributed by atoms with Crippen molar-refractivity contribution in [2.45, 2.75) is 136 Å². The van der Waals surface area contributed by atoms with Gasteiger partial charge in [0.25, 0.3) is 0 Å². The van der Waals surface area contributed by atoms with Crippen LogP contribution in [-0.4, -0.2) is 28.4 Å². The fourth-order valence-electron chi connectivity index (χ4n) is 4.22. The van der Waals surface area contributed by atoms with Crippen LogP contribution in [0.15, 0.2) is 0 Å². The van der Waals surface area contributed by atoms with Crippen molar-refractivity contribution < 1.29 is 0 Å². The maximum atomic E-state index is 2.52. The normalized spacial score (nSPS) is 12.6. The molecule has 0 unspecified atom stereocenters. The Hall–Kier alpha value is 0.647. The van der Waals surface area contributed by atoms with Crippen LogP contribution in [0.1, 0.15) is 136 Å². The van der Waals surface area contributed by atoms with Crippen molar-refractivity contribution in [2.75, 3.05) is 18.5 Å². The van der Waals surface area contributed by atoms with Crippen molar-refractivity contribution in [3.05, 3.63) is 0 Å². The third kappa shape index (κ3) is 18.0. The van der Waals surface area contributed by atoms with E-state index in [0.29, 0.717) is 0 Å². The summed E-state index contributed by atoms with van der Waals surface area (Å²) < 4.78 is 0. The van der Waals surface area contributed by atoms with E-state index in [1.165, 1.54) is 96.3 Å². The van der Waals surface area contributed by atoms with Gasteiger partial charge < -0.3 is 0 Å². The molecule has 0 amide bonds. The number of hydrogen-bond donors (Lipinski definition) is 0. The molecule has 0 aromatic heterocycles. The third-order valence-electron chi connectivity index (χ3n) is 6.18. The van der Waals surface area contributed by atoms with Crippen LogP contribution in [-0.2, 0) is 0 Å². The second kappa shape index (κ2) is 20.4. The Morgan fingerprint density at radius 3 is 0.885 bits per heavy atom. The van der Waals surface area contributed by atoms with Gasteiger partial charge in [-0.3, -0.25) is 0 Å². The predicted octanol–water partition coefficient (Wildman–Crippen LogP) is 8.37. The molecule has 0 aliphatic carbocycles. The molecule has 0 rings (SSSR count). The van der Waals surface area contributed by atoms with Gasteiger partial charge in [0.2, 0.25) is 0 Å². The van der Waals surface area contributed by atoms with Crippen LogP contribution >= 0.6 is 6.81 Å². The Kier molecular flexibility index (Phi) is 20.9. The predicted molar refractivity (Wildman–Crippen MR) is 132 cm³/mol. The summed E-state index contributed by atoms with van der Waals surface area (Å²) >= 11 is 0. The molecule has 0 saturated carbocycles. The molecule has 0 aromatic rings. The average molecular weight is 402 g/mol. The van der Waals surface area contributed by atoms with Crippen molar-refractivity contribution in [2.24, 2.45) is 0 Å². The molecule has 0 spiro atoms. The first-order chi connectivity index (χ1) is 12.7. The first-order valence-corrected chi connectivity index (χ1v) is 17.5. The summed E-state index contributed by atoms with van der Waals surface area (Å²) in [5.74, 6) is 0. The molecule has 0 bridgehead atoms. The molecule has 0 fully saturated rings. The second-order valence-electron chi connectivity index (χ2n) is 9.05. The van der Waals surface area contributed by atoms with Gasteiger partial charge in [-0.2, -0.15) is 0 Å². The van der Waals surface area contributed by atoms with Crippen molar-refractivity contribution >= 4 is 16.7 Å². The molecule has 0 atom stereocenters. The first-order valence-electron chi connectivity index (χ1n) is 12.5. The summed E-state index contributed by atoms with van der Waals surface area (Å²) in [5, 5.41) is 0. The van der Waals surface area contributed by atoms with Gasteiger partial charge in [0.05, 0.1) is 0 Å². The standard InChI is InChI=1S/C24H54PSi/c1-4-7-10-13-16-19-22-25(26,23-20-17-14-11-8-5-2)24-21-18-15-12-9-6-3/h25H,4-24,26H2,1-3H3. The van der Waals surface area contributed by atoms with Crippen LogP contribution in [0.3, 0.4) is 0 Å². The van der Waals surface area contributed by atoms with Crippen molar-refractivity contribution in [1.29, 1.82) is 0 Å². The van der Waals surface area contributed by atoms with E-state index in [4.69, 9.17) is 0 Å². The van der Waals surface area contributed by atoms with Crippen LogP contribution < -0.4 is 0 Å². The molecule has 0 saturated heterocycles. The van der Waals surface area contributed by atoms with Crippen LogP contribution in [0.2, 0.25) is 0 Å². The molecule has 159 valence electrons. The summed E-state index contributed by atoms with van der Waals surface area (Å²) in [6.07, 6.45) is 31.5. The van der Waals surface area contributed by atoms with Crippen LogP contribution in [0.4, 0.5) is 0 Å². The van der Waals surface area contributed by atoms with Crippen molar-refractivity contribution in [1.82, 2.24) is 0 Å². The Bertz CT molecular complexity index is 226. The molecule has 0 N–H and O–H groups in total. The summed E-state index contributed by atoms with van der Waals surface area (Å²) in [6.45, 7) is 6.05. The monoisotopic (exact) mass is 401 g/mol. The summed E-state index contributed by atoms with van der Waals surface area (Å²) in [7, 11) is 2.52. The summed E-state index contributed by atoms with van der Waals surface area (Å²) in [5.41, 5.74) is 0. The van der Waals surface area contributed by atoms with Gasteiger partial charge in [-0.1, -0.05) is 0 Å². The van der Waals surface area contributed by atoms with Gasteiger partial charge in [0, 0.05) is 0 Å². The summed E-state index contributed by atoms with van der Waals surface area (Å²) in [4.78, 5) is 0. The Labute approximate surface area is 171 Å². The Balaban J connectivity index is 4.02. The fourth-order valence-corrected chi connectivity index (χ4v) is 10.2. The van der Waals surface area contributed by atoms with Crippen molar-refractivity contribution in [3.8, 4) is 0 Å². The minimum absolute atomic E-state index is 0.927.